The third-order valence-electron chi connectivity index (χ3n) is 4.29. The van der Waals surface area contributed by atoms with Crippen LogP contribution in [0.3, 0.4) is 0 Å². The molecule has 0 bridgehead atoms. The minimum absolute atomic E-state index is 0.240. The molecule has 4 heteroatoms. The molecule has 23 heavy (non-hydrogen) atoms. The van der Waals surface area contributed by atoms with Crippen molar-refractivity contribution in [3.8, 4) is 18.1 Å². The monoisotopic (exact) mass is 315 g/mol. The maximum absolute atomic E-state index is 12.3. The highest BCUT2D eigenvalue weighted by molar-refractivity contribution is 5.76. The Morgan fingerprint density at radius 2 is 2.00 bits per heavy atom. The molecule has 0 unspecified atom stereocenters. The molecule has 1 aromatic carbocycles. The van der Waals surface area contributed by atoms with Crippen molar-refractivity contribution in [2.45, 2.75) is 25.7 Å². The predicted octanol–water partition coefficient (Wildman–Crippen LogP) is 2.52. The number of nitrogens with zero attached hydrogens (tertiary/aromatic N) is 1. The molecule has 1 aliphatic rings. The average Bonchev–Trinajstić information content (AvgIpc) is 2.61. The molecule has 4 nitrogen and oxygen atoms in total. The van der Waals surface area contributed by atoms with Gasteiger partial charge in [0, 0.05) is 19.5 Å². The number of ether oxygens (including phenoxy) is 2. The first-order valence-corrected chi connectivity index (χ1v) is 8.15. The van der Waals surface area contributed by atoms with Crippen LogP contribution >= 0.6 is 0 Å². The fourth-order valence-electron chi connectivity index (χ4n) is 2.84. The Labute approximate surface area is 138 Å². The average molecular weight is 315 g/mol. The number of terminal acetylenes is 1. The van der Waals surface area contributed by atoms with Crippen molar-refractivity contribution in [1.29, 1.82) is 0 Å². The SMILES string of the molecule is C#CCOCC1CCN(C(=O)CCc2ccc(OC)cc2)CC1. The van der Waals surface area contributed by atoms with Gasteiger partial charge in [-0.25, -0.2) is 0 Å². The lowest BCUT2D eigenvalue weighted by Gasteiger charge is -2.31. The number of carbonyl (C=O) groups excluding carboxylic acids is 1. The minimum atomic E-state index is 0.240. The van der Waals surface area contributed by atoms with Gasteiger partial charge in [-0.2, -0.15) is 0 Å². The van der Waals surface area contributed by atoms with Gasteiger partial charge in [-0.15, -0.1) is 6.42 Å². The molecule has 0 atom stereocenters. The first kappa shape index (κ1) is 17.4. The molecule has 1 aromatic rings. The van der Waals surface area contributed by atoms with E-state index in [-0.39, 0.29) is 5.91 Å². The van der Waals surface area contributed by atoms with Crippen molar-refractivity contribution in [3.63, 3.8) is 0 Å². The summed E-state index contributed by atoms with van der Waals surface area (Å²) >= 11 is 0. The quantitative estimate of drug-likeness (QED) is 0.573. The lowest BCUT2D eigenvalue weighted by molar-refractivity contribution is -0.132. The van der Waals surface area contributed by atoms with Crippen molar-refractivity contribution < 1.29 is 14.3 Å². The fraction of sp³-hybridized carbons (Fsp3) is 0.526. The summed E-state index contributed by atoms with van der Waals surface area (Å²) in [6, 6.07) is 7.89. The van der Waals surface area contributed by atoms with E-state index in [0.29, 0.717) is 25.6 Å². The Balaban J connectivity index is 1.69. The summed E-state index contributed by atoms with van der Waals surface area (Å²) in [6.07, 6.45) is 8.50. The van der Waals surface area contributed by atoms with Gasteiger partial charge < -0.3 is 14.4 Å². The summed E-state index contributed by atoms with van der Waals surface area (Å²) in [4.78, 5) is 14.3. The predicted molar refractivity (Wildman–Crippen MR) is 90.3 cm³/mol. The van der Waals surface area contributed by atoms with Crippen molar-refractivity contribution in [1.82, 2.24) is 4.90 Å². The molecule has 1 amide bonds. The van der Waals surface area contributed by atoms with Crippen molar-refractivity contribution >= 4 is 5.91 Å². The van der Waals surface area contributed by atoms with Gasteiger partial charge in [0.15, 0.2) is 0 Å². The Morgan fingerprint density at radius 1 is 1.30 bits per heavy atom. The number of hydrogen-bond donors (Lipinski definition) is 0. The van der Waals surface area contributed by atoms with Crippen LogP contribution in [0, 0.1) is 18.3 Å². The van der Waals surface area contributed by atoms with Crippen molar-refractivity contribution in [2.75, 3.05) is 33.4 Å². The van der Waals surface area contributed by atoms with E-state index in [1.165, 1.54) is 0 Å². The number of benzene rings is 1. The number of piperidine rings is 1. The van der Waals surface area contributed by atoms with Crippen LogP contribution in [-0.2, 0) is 16.0 Å². The zero-order chi connectivity index (χ0) is 16.5. The number of likely N-dealkylation sites (tertiary alicyclic amines) is 1. The lowest BCUT2D eigenvalue weighted by atomic mass is 9.97. The molecule has 1 saturated heterocycles. The summed E-state index contributed by atoms with van der Waals surface area (Å²) in [6.45, 7) is 2.73. The van der Waals surface area contributed by atoms with Gasteiger partial charge >= 0.3 is 0 Å². The van der Waals surface area contributed by atoms with E-state index in [2.05, 4.69) is 5.92 Å². The molecule has 1 aliphatic heterocycles. The second-order valence-electron chi connectivity index (χ2n) is 5.89. The first-order chi connectivity index (χ1) is 11.2. The van der Waals surface area contributed by atoms with Gasteiger partial charge in [0.25, 0.3) is 0 Å². The molecular formula is C19H25NO3. The minimum Gasteiger partial charge on any atom is -0.497 e. The zero-order valence-corrected chi connectivity index (χ0v) is 13.8. The first-order valence-electron chi connectivity index (χ1n) is 8.15. The summed E-state index contributed by atoms with van der Waals surface area (Å²) in [5.74, 6) is 4.08. The van der Waals surface area contributed by atoms with Gasteiger partial charge in [0.2, 0.25) is 5.91 Å². The van der Waals surface area contributed by atoms with Crippen LogP contribution in [0.1, 0.15) is 24.8 Å². The van der Waals surface area contributed by atoms with Crippen LogP contribution in [0.4, 0.5) is 0 Å². The third-order valence-corrected chi connectivity index (χ3v) is 4.29. The number of aryl methyl sites for hydroxylation is 1. The lowest BCUT2D eigenvalue weighted by Crippen LogP contribution is -2.39. The molecule has 1 fully saturated rings. The molecule has 0 radical (unpaired) electrons. The normalized spacial score (nSPS) is 15.2. The Kier molecular flexibility index (Phi) is 6.96. The maximum atomic E-state index is 12.3. The molecule has 1 heterocycles. The number of hydrogen-bond acceptors (Lipinski definition) is 3. The second kappa shape index (κ2) is 9.22. The Morgan fingerprint density at radius 3 is 2.61 bits per heavy atom. The molecule has 0 saturated carbocycles. The molecule has 0 aliphatic carbocycles. The van der Waals surface area contributed by atoms with Crippen molar-refractivity contribution in [2.24, 2.45) is 5.92 Å². The van der Waals surface area contributed by atoms with Gasteiger partial charge in [0.1, 0.15) is 12.4 Å². The largest absolute Gasteiger partial charge is 0.497 e. The molecule has 0 N–H and O–H groups in total. The number of rotatable bonds is 7. The topological polar surface area (TPSA) is 38.8 Å². The maximum Gasteiger partial charge on any atom is 0.222 e. The summed E-state index contributed by atoms with van der Waals surface area (Å²) in [5, 5.41) is 0. The summed E-state index contributed by atoms with van der Waals surface area (Å²) < 4.78 is 10.5. The van der Waals surface area contributed by atoms with Crippen LogP contribution in [-0.4, -0.2) is 44.2 Å². The van der Waals surface area contributed by atoms with Crippen LogP contribution in [0.5, 0.6) is 5.75 Å². The van der Waals surface area contributed by atoms with Gasteiger partial charge in [-0.05, 0) is 42.9 Å². The van der Waals surface area contributed by atoms with Crippen LogP contribution in [0.15, 0.2) is 24.3 Å². The van der Waals surface area contributed by atoms with Gasteiger partial charge in [0.05, 0.1) is 13.7 Å². The van der Waals surface area contributed by atoms with Crippen LogP contribution in [0.2, 0.25) is 0 Å². The van der Waals surface area contributed by atoms with E-state index in [1.807, 2.05) is 29.2 Å². The van der Waals surface area contributed by atoms with E-state index < -0.39 is 0 Å². The second-order valence-corrected chi connectivity index (χ2v) is 5.89. The van der Waals surface area contributed by atoms with E-state index >= 15 is 0 Å². The number of amides is 1. The fourth-order valence-corrected chi connectivity index (χ4v) is 2.84. The molecule has 2 rings (SSSR count). The van der Waals surface area contributed by atoms with Gasteiger partial charge in [-0.1, -0.05) is 18.1 Å². The third kappa shape index (κ3) is 5.61. The Hall–Kier alpha value is -1.99. The van der Waals surface area contributed by atoms with Crippen molar-refractivity contribution in [3.05, 3.63) is 29.8 Å². The van der Waals surface area contributed by atoms with Crippen LogP contribution < -0.4 is 4.74 Å². The van der Waals surface area contributed by atoms with E-state index in [1.54, 1.807) is 7.11 Å². The van der Waals surface area contributed by atoms with Gasteiger partial charge in [-0.3, -0.25) is 4.79 Å². The highest BCUT2D eigenvalue weighted by atomic mass is 16.5. The van der Waals surface area contributed by atoms with E-state index in [9.17, 15) is 4.79 Å². The highest BCUT2D eigenvalue weighted by Gasteiger charge is 2.22. The number of carbonyl (C=O) groups is 1. The zero-order valence-electron chi connectivity index (χ0n) is 13.8. The summed E-state index contributed by atoms with van der Waals surface area (Å²) in [5.41, 5.74) is 1.16. The standard InChI is InChI=1S/C19H25NO3/c1-3-14-23-15-17-10-12-20(13-11-17)19(21)9-6-16-4-7-18(22-2)8-5-16/h1,4-5,7-8,17H,6,9-15H2,2H3. The number of methoxy groups -OCH3 is 1. The van der Waals surface area contributed by atoms with E-state index in [4.69, 9.17) is 15.9 Å². The highest BCUT2D eigenvalue weighted by Crippen LogP contribution is 2.19. The Bertz CT molecular complexity index is 525. The van der Waals surface area contributed by atoms with Crippen LogP contribution in [0.25, 0.3) is 0 Å². The molecule has 124 valence electrons. The molecule has 0 aromatic heterocycles. The summed E-state index contributed by atoms with van der Waals surface area (Å²) in [7, 11) is 1.65. The molecule has 0 spiro atoms. The van der Waals surface area contributed by atoms with E-state index in [0.717, 1.165) is 43.7 Å². The molecular weight excluding hydrogens is 290 g/mol. The smallest absolute Gasteiger partial charge is 0.222 e.